The van der Waals surface area contributed by atoms with Crippen LogP contribution in [-0.2, 0) is 6.54 Å². The largest absolute Gasteiger partial charge is 0.435 e. The van der Waals surface area contributed by atoms with E-state index in [9.17, 15) is 13.6 Å². The third kappa shape index (κ3) is 4.05. The van der Waals surface area contributed by atoms with Gasteiger partial charge in [-0.15, -0.1) is 0 Å². The van der Waals surface area contributed by atoms with Crippen LogP contribution < -0.4 is 10.1 Å². The van der Waals surface area contributed by atoms with Crippen molar-refractivity contribution >= 4 is 5.91 Å². The molecule has 0 aliphatic carbocycles. The molecular weight excluding hydrogens is 264 g/mol. The lowest BCUT2D eigenvalue weighted by Gasteiger charge is -2.07. The van der Waals surface area contributed by atoms with Crippen LogP contribution in [0.1, 0.15) is 15.9 Å². The topological polar surface area (TPSA) is 38.3 Å². The minimum absolute atomic E-state index is 0.0274. The molecule has 1 amide bonds. The van der Waals surface area contributed by atoms with Gasteiger partial charge in [0.25, 0.3) is 5.91 Å². The van der Waals surface area contributed by atoms with Gasteiger partial charge in [-0.05, 0) is 29.8 Å². The smallest absolute Gasteiger partial charge is 0.387 e. The van der Waals surface area contributed by atoms with Crippen molar-refractivity contribution in [2.75, 3.05) is 0 Å². The van der Waals surface area contributed by atoms with E-state index in [1.165, 1.54) is 24.3 Å². The third-order valence-corrected chi connectivity index (χ3v) is 2.64. The summed E-state index contributed by atoms with van der Waals surface area (Å²) in [4.78, 5) is 11.9. The van der Waals surface area contributed by atoms with Gasteiger partial charge in [-0.25, -0.2) is 0 Å². The average Bonchev–Trinajstić information content (AvgIpc) is 2.46. The number of nitrogens with one attached hydrogen (secondary N) is 1. The zero-order valence-corrected chi connectivity index (χ0v) is 10.6. The molecule has 5 heteroatoms. The molecule has 0 saturated carbocycles. The van der Waals surface area contributed by atoms with Crippen molar-refractivity contribution in [2.24, 2.45) is 0 Å². The maximum atomic E-state index is 12.0. The van der Waals surface area contributed by atoms with E-state index in [0.29, 0.717) is 12.1 Å². The van der Waals surface area contributed by atoms with E-state index in [2.05, 4.69) is 10.1 Å². The molecule has 104 valence electrons. The minimum Gasteiger partial charge on any atom is -0.435 e. The molecule has 0 unspecified atom stereocenters. The summed E-state index contributed by atoms with van der Waals surface area (Å²) in [5.74, 6) is -0.239. The molecule has 2 rings (SSSR count). The molecule has 0 atom stereocenters. The standard InChI is InChI=1S/C15H13F2NO2/c16-15(17)20-13-8-6-12(7-9-13)14(19)18-10-11-4-2-1-3-5-11/h1-9,15H,10H2,(H,18,19). The van der Waals surface area contributed by atoms with Gasteiger partial charge in [0.05, 0.1) is 0 Å². The molecule has 0 saturated heterocycles. The highest BCUT2D eigenvalue weighted by molar-refractivity contribution is 5.94. The van der Waals surface area contributed by atoms with Crippen LogP contribution in [0, 0.1) is 0 Å². The van der Waals surface area contributed by atoms with Crippen LogP contribution in [-0.4, -0.2) is 12.5 Å². The van der Waals surface area contributed by atoms with Gasteiger partial charge in [-0.3, -0.25) is 4.79 Å². The van der Waals surface area contributed by atoms with Crippen LogP contribution >= 0.6 is 0 Å². The number of carbonyl (C=O) groups excluding carboxylic acids is 1. The number of carbonyl (C=O) groups is 1. The number of benzene rings is 2. The van der Waals surface area contributed by atoms with Gasteiger partial charge in [0.15, 0.2) is 0 Å². The fourth-order valence-electron chi connectivity index (χ4n) is 1.67. The fraction of sp³-hybridized carbons (Fsp3) is 0.133. The molecule has 0 radical (unpaired) electrons. The number of hydrogen-bond acceptors (Lipinski definition) is 2. The Balaban J connectivity index is 1.92. The maximum absolute atomic E-state index is 12.0. The quantitative estimate of drug-likeness (QED) is 0.911. The molecule has 0 bridgehead atoms. The molecule has 0 fully saturated rings. The summed E-state index contributed by atoms with van der Waals surface area (Å²) in [6.07, 6.45) is 0. The SMILES string of the molecule is O=C(NCc1ccccc1)c1ccc(OC(F)F)cc1. The maximum Gasteiger partial charge on any atom is 0.387 e. The molecule has 0 heterocycles. The second-order valence-corrected chi connectivity index (χ2v) is 4.07. The van der Waals surface area contributed by atoms with Crippen molar-refractivity contribution in [1.82, 2.24) is 5.32 Å². The molecular formula is C15H13F2NO2. The van der Waals surface area contributed by atoms with Crippen LogP contribution in [0.5, 0.6) is 5.75 Å². The van der Waals surface area contributed by atoms with Crippen molar-refractivity contribution in [3.63, 3.8) is 0 Å². The van der Waals surface area contributed by atoms with E-state index in [1.54, 1.807) is 0 Å². The third-order valence-electron chi connectivity index (χ3n) is 2.64. The molecule has 0 aliphatic rings. The summed E-state index contributed by atoms with van der Waals surface area (Å²) in [7, 11) is 0. The van der Waals surface area contributed by atoms with E-state index in [-0.39, 0.29) is 11.7 Å². The Hall–Kier alpha value is -2.43. The highest BCUT2D eigenvalue weighted by Gasteiger charge is 2.07. The van der Waals surface area contributed by atoms with Gasteiger partial charge >= 0.3 is 6.61 Å². The fourth-order valence-corrected chi connectivity index (χ4v) is 1.67. The second-order valence-electron chi connectivity index (χ2n) is 4.07. The number of halogens is 2. The normalized spacial score (nSPS) is 10.3. The lowest BCUT2D eigenvalue weighted by molar-refractivity contribution is -0.0498. The lowest BCUT2D eigenvalue weighted by Crippen LogP contribution is -2.22. The van der Waals surface area contributed by atoms with Gasteiger partial charge in [0.1, 0.15) is 5.75 Å². The second kappa shape index (κ2) is 6.65. The van der Waals surface area contributed by atoms with Gasteiger partial charge in [-0.1, -0.05) is 30.3 Å². The van der Waals surface area contributed by atoms with Crippen LogP contribution in [0.25, 0.3) is 0 Å². The van der Waals surface area contributed by atoms with Crippen molar-refractivity contribution in [3.05, 3.63) is 65.7 Å². The summed E-state index contributed by atoms with van der Waals surface area (Å²) < 4.78 is 28.2. The van der Waals surface area contributed by atoms with E-state index >= 15 is 0 Å². The molecule has 0 aliphatic heterocycles. The van der Waals surface area contributed by atoms with Crippen molar-refractivity contribution < 1.29 is 18.3 Å². The monoisotopic (exact) mass is 277 g/mol. The first-order chi connectivity index (χ1) is 9.65. The van der Waals surface area contributed by atoms with Crippen LogP contribution in [0.3, 0.4) is 0 Å². The molecule has 2 aromatic carbocycles. The molecule has 3 nitrogen and oxygen atoms in total. The van der Waals surface area contributed by atoms with Crippen molar-refractivity contribution in [1.29, 1.82) is 0 Å². The summed E-state index contributed by atoms with van der Waals surface area (Å²) in [5, 5.41) is 2.75. The highest BCUT2D eigenvalue weighted by atomic mass is 19.3. The Labute approximate surface area is 115 Å². The Bertz CT molecular complexity index is 556. The van der Waals surface area contributed by atoms with Crippen LogP contribution in [0.15, 0.2) is 54.6 Å². The van der Waals surface area contributed by atoms with Crippen molar-refractivity contribution in [2.45, 2.75) is 13.2 Å². The van der Waals surface area contributed by atoms with E-state index in [4.69, 9.17) is 0 Å². The van der Waals surface area contributed by atoms with E-state index in [1.807, 2.05) is 30.3 Å². The molecule has 1 N–H and O–H groups in total. The Kier molecular flexibility index (Phi) is 4.65. The summed E-state index contributed by atoms with van der Waals surface area (Å²) in [5.41, 5.74) is 1.38. The molecule has 2 aromatic rings. The zero-order valence-electron chi connectivity index (χ0n) is 10.6. The van der Waals surface area contributed by atoms with Gasteiger partial charge in [0, 0.05) is 12.1 Å². The van der Waals surface area contributed by atoms with E-state index < -0.39 is 6.61 Å². The molecule has 0 aromatic heterocycles. The van der Waals surface area contributed by atoms with Crippen LogP contribution in [0.2, 0.25) is 0 Å². The summed E-state index contributed by atoms with van der Waals surface area (Å²) in [6.45, 7) is -2.46. The Morgan fingerprint density at radius 2 is 1.70 bits per heavy atom. The molecule has 0 spiro atoms. The summed E-state index contributed by atoms with van der Waals surface area (Å²) in [6, 6.07) is 15.0. The average molecular weight is 277 g/mol. The predicted octanol–water partition coefficient (Wildman–Crippen LogP) is 3.22. The number of ether oxygens (including phenoxy) is 1. The number of hydrogen-bond donors (Lipinski definition) is 1. The number of rotatable bonds is 5. The Morgan fingerprint density at radius 1 is 1.05 bits per heavy atom. The number of amides is 1. The minimum atomic E-state index is -2.87. The Morgan fingerprint density at radius 3 is 2.30 bits per heavy atom. The van der Waals surface area contributed by atoms with Crippen LogP contribution in [0.4, 0.5) is 8.78 Å². The first-order valence-electron chi connectivity index (χ1n) is 6.02. The molecule has 20 heavy (non-hydrogen) atoms. The predicted molar refractivity (Wildman–Crippen MR) is 70.7 cm³/mol. The van der Waals surface area contributed by atoms with E-state index in [0.717, 1.165) is 5.56 Å². The summed E-state index contributed by atoms with van der Waals surface area (Å²) >= 11 is 0. The first kappa shape index (κ1) is 14.0. The van der Waals surface area contributed by atoms with Gasteiger partial charge in [-0.2, -0.15) is 8.78 Å². The van der Waals surface area contributed by atoms with Gasteiger partial charge < -0.3 is 10.1 Å². The zero-order chi connectivity index (χ0) is 14.4. The lowest BCUT2D eigenvalue weighted by atomic mass is 10.2. The van der Waals surface area contributed by atoms with Crippen molar-refractivity contribution in [3.8, 4) is 5.75 Å². The first-order valence-corrected chi connectivity index (χ1v) is 6.02. The number of alkyl halides is 2. The highest BCUT2D eigenvalue weighted by Crippen LogP contribution is 2.14. The van der Waals surface area contributed by atoms with Gasteiger partial charge in [0.2, 0.25) is 0 Å².